The molecule has 0 spiro atoms. The Labute approximate surface area is 153 Å². The molecule has 1 amide bonds. The first-order chi connectivity index (χ1) is 11.8. The second kappa shape index (κ2) is 8.43. The van der Waals surface area contributed by atoms with Gasteiger partial charge in [-0.15, -0.1) is 0 Å². The van der Waals surface area contributed by atoms with Gasteiger partial charge in [0.15, 0.2) is 5.78 Å². The van der Waals surface area contributed by atoms with E-state index in [1.54, 1.807) is 18.1 Å². The van der Waals surface area contributed by atoms with E-state index < -0.39 is 5.41 Å². The van der Waals surface area contributed by atoms with Crippen molar-refractivity contribution < 1.29 is 19.1 Å². The number of hydrogen-bond acceptors (Lipinski definition) is 5. The molecule has 0 atom stereocenters. The summed E-state index contributed by atoms with van der Waals surface area (Å²) in [5.74, 6) is 2.02. The normalized spacial score (nSPS) is 16.4. The second-order valence-electron chi connectivity index (χ2n) is 6.81. The molecule has 1 saturated heterocycles. The van der Waals surface area contributed by atoms with Gasteiger partial charge >= 0.3 is 0 Å². The Morgan fingerprint density at radius 1 is 1.24 bits per heavy atom. The molecular weight excluding hydrogens is 338 g/mol. The van der Waals surface area contributed by atoms with Gasteiger partial charge in [-0.1, -0.05) is 32.5 Å². The molecule has 1 aliphatic heterocycles. The molecule has 1 fully saturated rings. The zero-order chi connectivity index (χ0) is 18.4. The molecule has 25 heavy (non-hydrogen) atoms. The number of allylic oxidation sites excluding steroid dienone is 1. The largest absolute Gasteiger partial charge is 0.497 e. The van der Waals surface area contributed by atoms with E-state index in [1.807, 2.05) is 45.0 Å². The number of benzene rings is 1. The average Bonchev–Trinajstić information content (AvgIpc) is 2.91. The summed E-state index contributed by atoms with van der Waals surface area (Å²) in [5.41, 5.74) is -0.442. The summed E-state index contributed by atoms with van der Waals surface area (Å²) < 4.78 is 10.8. The predicted octanol–water partition coefficient (Wildman–Crippen LogP) is 3.50. The van der Waals surface area contributed by atoms with Crippen LogP contribution in [0.25, 0.3) is 0 Å². The molecule has 0 radical (unpaired) electrons. The van der Waals surface area contributed by atoms with Gasteiger partial charge < -0.3 is 14.4 Å². The van der Waals surface area contributed by atoms with Crippen molar-refractivity contribution in [3.8, 4) is 11.5 Å². The third-order valence-corrected chi connectivity index (χ3v) is 4.78. The van der Waals surface area contributed by atoms with Crippen LogP contribution in [0.4, 0.5) is 0 Å². The zero-order valence-electron chi connectivity index (χ0n) is 15.2. The number of hydrogen-bond donors (Lipinski definition) is 0. The van der Waals surface area contributed by atoms with Gasteiger partial charge in [-0.25, -0.2) is 0 Å². The van der Waals surface area contributed by atoms with Crippen molar-refractivity contribution in [1.82, 2.24) is 4.90 Å². The van der Waals surface area contributed by atoms with E-state index in [-0.39, 0.29) is 11.7 Å². The molecule has 0 aromatic heterocycles. The van der Waals surface area contributed by atoms with Crippen molar-refractivity contribution in [2.24, 2.45) is 5.41 Å². The zero-order valence-corrected chi connectivity index (χ0v) is 16.0. The minimum absolute atomic E-state index is 0.0317. The van der Waals surface area contributed by atoms with Crippen molar-refractivity contribution in [3.05, 3.63) is 35.4 Å². The number of thioether (sulfide) groups is 1. The number of carbonyl (C=O) groups excluding carboxylic acids is 2. The van der Waals surface area contributed by atoms with Crippen molar-refractivity contribution in [2.75, 3.05) is 26.0 Å². The van der Waals surface area contributed by atoms with Crippen molar-refractivity contribution in [1.29, 1.82) is 0 Å². The van der Waals surface area contributed by atoms with Crippen LogP contribution in [0.5, 0.6) is 11.5 Å². The Bertz CT molecular complexity index is 646. The van der Waals surface area contributed by atoms with E-state index in [9.17, 15) is 9.59 Å². The van der Waals surface area contributed by atoms with Gasteiger partial charge in [0.2, 0.25) is 5.91 Å². The second-order valence-corrected chi connectivity index (χ2v) is 7.80. The predicted molar refractivity (Wildman–Crippen MR) is 99.8 cm³/mol. The lowest BCUT2D eigenvalue weighted by atomic mass is 9.91. The lowest BCUT2D eigenvalue weighted by Crippen LogP contribution is -2.28. The summed E-state index contributed by atoms with van der Waals surface area (Å²) >= 11 is 1.42. The SMILES string of the molecule is COc1ccc(OCCCN2C(=O)CS/C2=C\C(=O)C(C)(C)C)cc1. The van der Waals surface area contributed by atoms with Gasteiger partial charge in [0.1, 0.15) is 11.5 Å². The molecule has 0 bridgehead atoms. The summed E-state index contributed by atoms with van der Waals surface area (Å²) in [6.07, 6.45) is 2.29. The maximum absolute atomic E-state index is 12.2. The average molecular weight is 363 g/mol. The van der Waals surface area contributed by atoms with E-state index in [0.29, 0.717) is 25.3 Å². The first-order valence-electron chi connectivity index (χ1n) is 8.27. The van der Waals surface area contributed by atoms with Crippen LogP contribution in [0.2, 0.25) is 0 Å². The summed E-state index contributed by atoms with van der Waals surface area (Å²) in [4.78, 5) is 25.9. The van der Waals surface area contributed by atoms with E-state index in [1.165, 1.54) is 11.8 Å². The van der Waals surface area contributed by atoms with Crippen LogP contribution >= 0.6 is 11.8 Å². The van der Waals surface area contributed by atoms with Crippen LogP contribution < -0.4 is 9.47 Å². The fourth-order valence-electron chi connectivity index (χ4n) is 2.18. The molecule has 0 N–H and O–H groups in total. The van der Waals surface area contributed by atoms with E-state index in [4.69, 9.17) is 9.47 Å². The molecule has 6 heteroatoms. The Balaban J connectivity index is 1.86. The van der Waals surface area contributed by atoms with Gasteiger partial charge in [-0.05, 0) is 30.7 Å². The number of ether oxygens (including phenoxy) is 2. The number of rotatable bonds is 7. The smallest absolute Gasteiger partial charge is 0.237 e. The monoisotopic (exact) mass is 363 g/mol. The highest BCUT2D eigenvalue weighted by atomic mass is 32.2. The summed E-state index contributed by atoms with van der Waals surface area (Å²) in [6, 6.07) is 7.38. The lowest BCUT2D eigenvalue weighted by molar-refractivity contribution is -0.125. The number of amides is 1. The van der Waals surface area contributed by atoms with Crippen molar-refractivity contribution >= 4 is 23.5 Å². The molecule has 1 heterocycles. The fraction of sp³-hybridized carbons (Fsp3) is 0.474. The van der Waals surface area contributed by atoms with Gasteiger partial charge in [0.25, 0.3) is 0 Å². The standard InChI is InChI=1S/C19H25NO4S/c1-19(2,3)16(21)12-18-20(17(22)13-25-18)10-5-11-24-15-8-6-14(23-4)7-9-15/h6-9,12H,5,10-11,13H2,1-4H3/b18-12-. The molecule has 1 aliphatic rings. The first kappa shape index (κ1) is 19.4. The highest BCUT2D eigenvalue weighted by molar-refractivity contribution is 8.04. The highest BCUT2D eigenvalue weighted by Gasteiger charge is 2.29. The molecule has 0 aliphatic carbocycles. The summed E-state index contributed by atoms with van der Waals surface area (Å²) in [6.45, 7) is 6.68. The van der Waals surface area contributed by atoms with E-state index in [2.05, 4.69) is 0 Å². The Kier molecular flexibility index (Phi) is 6.53. The van der Waals surface area contributed by atoms with Gasteiger partial charge in [-0.2, -0.15) is 0 Å². The number of carbonyl (C=O) groups is 2. The molecule has 0 saturated carbocycles. The molecule has 1 aromatic carbocycles. The minimum Gasteiger partial charge on any atom is -0.497 e. The van der Waals surface area contributed by atoms with Crippen molar-refractivity contribution in [2.45, 2.75) is 27.2 Å². The van der Waals surface area contributed by atoms with E-state index in [0.717, 1.165) is 16.5 Å². The van der Waals surface area contributed by atoms with Crippen LogP contribution in [-0.4, -0.2) is 42.6 Å². The van der Waals surface area contributed by atoms with E-state index >= 15 is 0 Å². The molecular formula is C19H25NO4S. The molecule has 5 nitrogen and oxygen atoms in total. The number of nitrogens with zero attached hydrogens (tertiary/aromatic N) is 1. The maximum atomic E-state index is 12.2. The summed E-state index contributed by atoms with van der Waals surface area (Å²) in [7, 11) is 1.62. The maximum Gasteiger partial charge on any atom is 0.237 e. The van der Waals surface area contributed by atoms with Gasteiger partial charge in [0, 0.05) is 18.0 Å². The third-order valence-electron chi connectivity index (χ3n) is 3.76. The van der Waals surface area contributed by atoms with Crippen LogP contribution in [0.3, 0.4) is 0 Å². The van der Waals surface area contributed by atoms with Gasteiger partial charge in [0.05, 0.1) is 24.5 Å². The third kappa shape index (κ3) is 5.53. The topological polar surface area (TPSA) is 55.8 Å². The molecule has 1 aromatic rings. The van der Waals surface area contributed by atoms with Gasteiger partial charge in [-0.3, -0.25) is 9.59 Å². The van der Waals surface area contributed by atoms with Crippen LogP contribution in [0.1, 0.15) is 27.2 Å². The Morgan fingerprint density at radius 2 is 1.88 bits per heavy atom. The lowest BCUT2D eigenvalue weighted by Gasteiger charge is -2.19. The first-order valence-corrected chi connectivity index (χ1v) is 9.26. The molecule has 136 valence electrons. The summed E-state index contributed by atoms with van der Waals surface area (Å²) in [5, 5.41) is 0.745. The quantitative estimate of drug-likeness (QED) is 0.548. The number of ketones is 1. The van der Waals surface area contributed by atoms with Crippen LogP contribution in [-0.2, 0) is 9.59 Å². The van der Waals surface area contributed by atoms with Crippen LogP contribution in [0.15, 0.2) is 35.4 Å². The highest BCUT2D eigenvalue weighted by Crippen LogP contribution is 2.30. The Hall–Kier alpha value is -1.95. The molecule has 2 rings (SSSR count). The van der Waals surface area contributed by atoms with Crippen LogP contribution in [0, 0.1) is 5.41 Å². The fourth-order valence-corrected chi connectivity index (χ4v) is 3.15. The molecule has 0 unspecified atom stereocenters. The Morgan fingerprint density at radius 3 is 2.48 bits per heavy atom. The van der Waals surface area contributed by atoms with Crippen molar-refractivity contribution in [3.63, 3.8) is 0 Å². The minimum atomic E-state index is -0.442. The number of methoxy groups -OCH3 is 1.